The van der Waals surface area contributed by atoms with Crippen LogP contribution in [0.5, 0.6) is 0 Å². The first-order chi connectivity index (χ1) is 9.22. The number of rotatable bonds is 2. The van der Waals surface area contributed by atoms with Crippen LogP contribution in [0.2, 0.25) is 0 Å². The monoisotopic (exact) mass is 263 g/mol. The van der Waals surface area contributed by atoms with Crippen molar-refractivity contribution in [2.24, 2.45) is 5.92 Å². The van der Waals surface area contributed by atoms with Crippen LogP contribution in [0.1, 0.15) is 75.9 Å². The van der Waals surface area contributed by atoms with Gasteiger partial charge in [0.2, 0.25) is 5.89 Å². The van der Waals surface area contributed by atoms with E-state index in [1.54, 1.807) is 0 Å². The third-order valence-corrected chi connectivity index (χ3v) is 4.73. The zero-order chi connectivity index (χ0) is 13.2. The van der Waals surface area contributed by atoms with E-state index in [0.717, 1.165) is 37.0 Å². The molecule has 2 fully saturated rings. The second kappa shape index (κ2) is 5.61. The molecule has 4 atom stereocenters. The first kappa shape index (κ1) is 13.1. The second-order valence-electron chi connectivity index (χ2n) is 6.54. The van der Waals surface area contributed by atoms with Gasteiger partial charge in [0.05, 0.1) is 0 Å². The van der Waals surface area contributed by atoms with Gasteiger partial charge in [0.1, 0.15) is 0 Å². The maximum atomic E-state index is 5.55. The van der Waals surface area contributed by atoms with Crippen molar-refractivity contribution in [3.63, 3.8) is 0 Å². The molecular weight excluding hydrogens is 238 g/mol. The molecule has 4 unspecified atom stereocenters. The van der Waals surface area contributed by atoms with Gasteiger partial charge in [-0.25, -0.2) is 0 Å². The Labute approximate surface area is 115 Å². The van der Waals surface area contributed by atoms with E-state index >= 15 is 0 Å². The number of piperidine rings is 1. The summed E-state index contributed by atoms with van der Waals surface area (Å²) in [4.78, 5) is 4.72. The van der Waals surface area contributed by atoms with Gasteiger partial charge in [-0.05, 0) is 45.1 Å². The molecule has 2 heterocycles. The summed E-state index contributed by atoms with van der Waals surface area (Å²) in [6.45, 7) is 5.62. The van der Waals surface area contributed by atoms with Gasteiger partial charge in [0.25, 0.3) is 0 Å². The minimum atomic E-state index is 0.457. The van der Waals surface area contributed by atoms with Gasteiger partial charge in [-0.2, -0.15) is 4.98 Å². The molecule has 0 bridgehead atoms. The fourth-order valence-corrected chi connectivity index (χ4v) is 3.60. The van der Waals surface area contributed by atoms with Crippen LogP contribution in [-0.2, 0) is 0 Å². The molecule has 1 N–H and O–H groups in total. The number of hydrogen-bond donors (Lipinski definition) is 1. The van der Waals surface area contributed by atoms with Gasteiger partial charge >= 0.3 is 0 Å². The molecule has 4 nitrogen and oxygen atoms in total. The minimum Gasteiger partial charge on any atom is -0.339 e. The Kier molecular flexibility index (Phi) is 3.87. The second-order valence-corrected chi connectivity index (χ2v) is 6.54. The Bertz CT molecular complexity index is 381. The van der Waals surface area contributed by atoms with Gasteiger partial charge in [0.15, 0.2) is 5.82 Å². The lowest BCUT2D eigenvalue weighted by molar-refractivity contribution is 0.289. The maximum Gasteiger partial charge on any atom is 0.229 e. The molecule has 0 radical (unpaired) electrons. The van der Waals surface area contributed by atoms with Gasteiger partial charge in [0, 0.05) is 17.9 Å². The average Bonchev–Trinajstić information content (AvgIpc) is 2.88. The summed E-state index contributed by atoms with van der Waals surface area (Å²) < 4.78 is 5.55. The van der Waals surface area contributed by atoms with E-state index in [9.17, 15) is 0 Å². The van der Waals surface area contributed by atoms with Crippen LogP contribution in [0.15, 0.2) is 4.52 Å². The topological polar surface area (TPSA) is 51.0 Å². The predicted octanol–water partition coefficient (Wildman–Crippen LogP) is 3.22. The van der Waals surface area contributed by atoms with Crippen molar-refractivity contribution >= 4 is 0 Å². The van der Waals surface area contributed by atoms with E-state index in [2.05, 4.69) is 24.3 Å². The lowest BCUT2D eigenvalue weighted by Gasteiger charge is -2.25. The molecule has 1 saturated heterocycles. The molecule has 19 heavy (non-hydrogen) atoms. The van der Waals surface area contributed by atoms with E-state index in [0.29, 0.717) is 17.9 Å². The summed E-state index contributed by atoms with van der Waals surface area (Å²) in [7, 11) is 0. The molecule has 3 rings (SSSR count). The standard InChI is InChI=1S/C15H25N3O/c1-10-4-3-5-12(8-10)14-17-15(19-18-14)13-6-7-16-11(2)9-13/h10-13,16H,3-9H2,1-2H3. The lowest BCUT2D eigenvalue weighted by Crippen LogP contribution is -2.34. The van der Waals surface area contributed by atoms with Crippen molar-refractivity contribution in [3.8, 4) is 0 Å². The molecule has 0 spiro atoms. The SMILES string of the molecule is CC1CCCC(c2noc(C3CCNC(C)C3)n2)C1. The molecular formula is C15H25N3O. The summed E-state index contributed by atoms with van der Waals surface area (Å²) >= 11 is 0. The summed E-state index contributed by atoms with van der Waals surface area (Å²) in [6, 6.07) is 0.559. The van der Waals surface area contributed by atoms with Crippen molar-refractivity contribution in [3.05, 3.63) is 11.7 Å². The van der Waals surface area contributed by atoms with Crippen molar-refractivity contribution < 1.29 is 4.52 Å². The van der Waals surface area contributed by atoms with E-state index < -0.39 is 0 Å². The molecule has 1 aromatic heterocycles. The van der Waals surface area contributed by atoms with Crippen molar-refractivity contribution in [2.75, 3.05) is 6.54 Å². The molecule has 4 heteroatoms. The number of hydrogen-bond acceptors (Lipinski definition) is 4. The summed E-state index contributed by atoms with van der Waals surface area (Å²) in [5.74, 6) is 3.63. The highest BCUT2D eigenvalue weighted by atomic mass is 16.5. The summed E-state index contributed by atoms with van der Waals surface area (Å²) in [6.07, 6.45) is 7.34. The lowest BCUT2D eigenvalue weighted by atomic mass is 9.82. The third-order valence-electron chi connectivity index (χ3n) is 4.73. The van der Waals surface area contributed by atoms with Gasteiger partial charge in [-0.3, -0.25) is 0 Å². The fourth-order valence-electron chi connectivity index (χ4n) is 3.60. The summed E-state index contributed by atoms with van der Waals surface area (Å²) in [5, 5.41) is 7.74. The van der Waals surface area contributed by atoms with Crippen molar-refractivity contribution in [1.82, 2.24) is 15.5 Å². The molecule has 0 aromatic carbocycles. The number of nitrogens with one attached hydrogen (secondary N) is 1. The Morgan fingerprint density at radius 2 is 2.00 bits per heavy atom. The van der Waals surface area contributed by atoms with E-state index in [4.69, 9.17) is 9.51 Å². The molecule has 1 aliphatic carbocycles. The smallest absolute Gasteiger partial charge is 0.229 e. The van der Waals surface area contributed by atoms with Crippen LogP contribution in [0.4, 0.5) is 0 Å². The van der Waals surface area contributed by atoms with E-state index in [1.165, 1.54) is 25.7 Å². The van der Waals surface area contributed by atoms with Crippen LogP contribution >= 0.6 is 0 Å². The molecule has 1 aliphatic heterocycles. The van der Waals surface area contributed by atoms with E-state index in [-0.39, 0.29) is 0 Å². The predicted molar refractivity (Wildman–Crippen MR) is 74.1 cm³/mol. The first-order valence-electron chi connectivity index (χ1n) is 7.79. The quantitative estimate of drug-likeness (QED) is 0.890. The highest BCUT2D eigenvalue weighted by molar-refractivity contribution is 5.02. The normalized spacial score (nSPS) is 36.3. The number of aromatic nitrogens is 2. The summed E-state index contributed by atoms with van der Waals surface area (Å²) in [5.41, 5.74) is 0. The van der Waals surface area contributed by atoms with Gasteiger partial charge in [-0.15, -0.1) is 0 Å². The highest BCUT2D eigenvalue weighted by Crippen LogP contribution is 2.35. The van der Waals surface area contributed by atoms with Crippen LogP contribution < -0.4 is 5.32 Å². The van der Waals surface area contributed by atoms with Crippen molar-refractivity contribution in [1.29, 1.82) is 0 Å². The van der Waals surface area contributed by atoms with Crippen LogP contribution in [0, 0.1) is 5.92 Å². The molecule has 0 amide bonds. The molecule has 2 aliphatic rings. The zero-order valence-corrected chi connectivity index (χ0v) is 12.1. The third kappa shape index (κ3) is 2.99. The maximum absolute atomic E-state index is 5.55. The first-order valence-corrected chi connectivity index (χ1v) is 7.79. The van der Waals surface area contributed by atoms with Crippen molar-refractivity contribution in [2.45, 2.75) is 70.3 Å². The van der Waals surface area contributed by atoms with Crippen LogP contribution in [0.25, 0.3) is 0 Å². The molecule has 1 saturated carbocycles. The van der Waals surface area contributed by atoms with Crippen LogP contribution in [-0.4, -0.2) is 22.7 Å². The van der Waals surface area contributed by atoms with E-state index in [1.807, 2.05) is 0 Å². The molecule has 106 valence electrons. The fraction of sp³-hybridized carbons (Fsp3) is 0.867. The molecule has 1 aromatic rings. The largest absolute Gasteiger partial charge is 0.339 e. The highest BCUT2D eigenvalue weighted by Gasteiger charge is 2.28. The zero-order valence-electron chi connectivity index (χ0n) is 12.1. The Hall–Kier alpha value is -0.900. The Morgan fingerprint density at radius 1 is 1.11 bits per heavy atom. The van der Waals surface area contributed by atoms with Gasteiger partial charge < -0.3 is 9.84 Å². The Balaban J connectivity index is 1.68. The van der Waals surface area contributed by atoms with Crippen LogP contribution in [0.3, 0.4) is 0 Å². The number of nitrogens with zero attached hydrogens (tertiary/aromatic N) is 2. The van der Waals surface area contributed by atoms with Gasteiger partial charge in [-0.1, -0.05) is 24.9 Å². The Morgan fingerprint density at radius 3 is 2.79 bits per heavy atom. The average molecular weight is 263 g/mol. The minimum absolute atomic E-state index is 0.457.